The molecule has 0 saturated heterocycles. The van der Waals surface area contributed by atoms with Crippen molar-refractivity contribution in [3.8, 4) is 0 Å². The molecule has 0 amide bonds. The number of halogens is 1. The van der Waals surface area contributed by atoms with Gasteiger partial charge in [-0.15, -0.1) is 0 Å². The van der Waals surface area contributed by atoms with Gasteiger partial charge in [0.2, 0.25) is 5.28 Å². The van der Waals surface area contributed by atoms with Crippen molar-refractivity contribution in [1.82, 2.24) is 15.0 Å². The predicted molar refractivity (Wildman–Crippen MR) is 63.3 cm³/mol. The molecule has 2 aromatic rings. The average molecular weight is 235 g/mol. The lowest BCUT2D eigenvalue weighted by Gasteiger charge is -2.14. The molecule has 0 aromatic carbocycles. The van der Waals surface area contributed by atoms with E-state index in [2.05, 4.69) is 20.3 Å². The highest BCUT2D eigenvalue weighted by atomic mass is 35.5. The number of nitrogens with one attached hydrogen (secondary N) is 1. The van der Waals surface area contributed by atoms with Gasteiger partial charge < -0.3 is 5.32 Å². The Bertz CT molecular complexity index is 461. The van der Waals surface area contributed by atoms with Gasteiger partial charge in [-0.25, -0.2) is 9.97 Å². The molecule has 0 fully saturated rings. The van der Waals surface area contributed by atoms with Crippen LogP contribution in [0.25, 0.3) is 0 Å². The predicted octanol–water partition coefficient (Wildman–Crippen LogP) is 2.70. The molecule has 0 aliphatic rings. The Morgan fingerprint density at radius 2 is 1.94 bits per heavy atom. The fraction of sp³-hybridized carbons (Fsp3) is 0.182. The summed E-state index contributed by atoms with van der Waals surface area (Å²) >= 11 is 5.70. The highest BCUT2D eigenvalue weighted by molar-refractivity contribution is 6.28. The summed E-state index contributed by atoms with van der Waals surface area (Å²) in [7, 11) is 0. The van der Waals surface area contributed by atoms with Crippen LogP contribution in [0.2, 0.25) is 5.28 Å². The highest BCUT2D eigenvalue weighted by Gasteiger charge is 2.05. The molecule has 1 N–H and O–H groups in total. The third-order valence-electron chi connectivity index (χ3n) is 2.20. The summed E-state index contributed by atoms with van der Waals surface area (Å²) in [4.78, 5) is 11.9. The minimum Gasteiger partial charge on any atom is -0.363 e. The molecule has 4 nitrogen and oxygen atoms in total. The molecular formula is C11H11ClN4. The van der Waals surface area contributed by atoms with Crippen LogP contribution in [0.4, 0.5) is 5.82 Å². The summed E-state index contributed by atoms with van der Waals surface area (Å²) < 4.78 is 0. The van der Waals surface area contributed by atoms with Gasteiger partial charge in [0.25, 0.3) is 0 Å². The first kappa shape index (κ1) is 10.8. The second-order valence-electron chi connectivity index (χ2n) is 3.36. The van der Waals surface area contributed by atoms with Crippen LogP contribution in [0.1, 0.15) is 18.5 Å². The molecule has 16 heavy (non-hydrogen) atoms. The zero-order valence-corrected chi connectivity index (χ0v) is 9.52. The van der Waals surface area contributed by atoms with E-state index < -0.39 is 0 Å². The molecule has 2 heterocycles. The van der Waals surface area contributed by atoms with Crippen LogP contribution in [0.5, 0.6) is 0 Å². The zero-order valence-electron chi connectivity index (χ0n) is 8.76. The van der Waals surface area contributed by atoms with Crippen molar-refractivity contribution < 1.29 is 0 Å². The third-order valence-corrected chi connectivity index (χ3v) is 2.38. The van der Waals surface area contributed by atoms with Crippen molar-refractivity contribution in [2.75, 3.05) is 5.32 Å². The van der Waals surface area contributed by atoms with Crippen molar-refractivity contribution in [1.29, 1.82) is 0 Å². The fourth-order valence-electron chi connectivity index (χ4n) is 1.37. The van der Waals surface area contributed by atoms with E-state index in [1.54, 1.807) is 24.7 Å². The van der Waals surface area contributed by atoms with E-state index in [0.717, 1.165) is 5.56 Å². The SMILES string of the molecule is CC(Nc1ccnc(Cl)n1)c1ccncc1. The maximum atomic E-state index is 5.70. The number of pyridine rings is 1. The summed E-state index contributed by atoms with van der Waals surface area (Å²) in [5.74, 6) is 0.712. The summed E-state index contributed by atoms with van der Waals surface area (Å²) in [5, 5.41) is 3.48. The van der Waals surface area contributed by atoms with E-state index in [-0.39, 0.29) is 11.3 Å². The topological polar surface area (TPSA) is 50.7 Å². The molecule has 2 aromatic heterocycles. The number of hydrogen-bond acceptors (Lipinski definition) is 4. The molecule has 0 aliphatic carbocycles. The Labute approximate surface area is 98.7 Å². The van der Waals surface area contributed by atoms with Crippen LogP contribution < -0.4 is 5.32 Å². The van der Waals surface area contributed by atoms with Crippen LogP contribution in [-0.2, 0) is 0 Å². The van der Waals surface area contributed by atoms with Gasteiger partial charge in [-0.3, -0.25) is 4.98 Å². The first-order valence-corrected chi connectivity index (χ1v) is 5.28. The molecular weight excluding hydrogens is 224 g/mol. The molecule has 0 spiro atoms. The number of aromatic nitrogens is 3. The maximum Gasteiger partial charge on any atom is 0.224 e. The Kier molecular flexibility index (Phi) is 3.31. The van der Waals surface area contributed by atoms with E-state index in [9.17, 15) is 0 Å². The lowest BCUT2D eigenvalue weighted by atomic mass is 10.1. The van der Waals surface area contributed by atoms with Gasteiger partial charge >= 0.3 is 0 Å². The van der Waals surface area contributed by atoms with E-state index >= 15 is 0 Å². The summed E-state index contributed by atoms with van der Waals surface area (Å²) in [6.07, 6.45) is 5.15. The minimum absolute atomic E-state index is 0.147. The molecule has 0 aliphatic heterocycles. The van der Waals surface area contributed by atoms with E-state index in [1.165, 1.54) is 0 Å². The lowest BCUT2D eigenvalue weighted by molar-refractivity contribution is 0.868. The summed E-state index contributed by atoms with van der Waals surface area (Å²) in [6.45, 7) is 2.05. The monoisotopic (exact) mass is 234 g/mol. The number of rotatable bonds is 3. The quantitative estimate of drug-likeness (QED) is 0.830. The Hall–Kier alpha value is -1.68. The lowest BCUT2D eigenvalue weighted by Crippen LogP contribution is -2.08. The van der Waals surface area contributed by atoms with Gasteiger partial charge in [0, 0.05) is 18.6 Å². The number of hydrogen-bond donors (Lipinski definition) is 1. The van der Waals surface area contributed by atoms with Crippen molar-refractivity contribution in [3.05, 3.63) is 47.6 Å². The van der Waals surface area contributed by atoms with Crippen molar-refractivity contribution >= 4 is 17.4 Å². The van der Waals surface area contributed by atoms with Gasteiger partial charge in [0.1, 0.15) is 5.82 Å². The van der Waals surface area contributed by atoms with E-state index in [0.29, 0.717) is 5.82 Å². The van der Waals surface area contributed by atoms with E-state index in [1.807, 2.05) is 19.1 Å². The van der Waals surface area contributed by atoms with Crippen molar-refractivity contribution in [3.63, 3.8) is 0 Å². The van der Waals surface area contributed by atoms with Gasteiger partial charge in [-0.2, -0.15) is 0 Å². The van der Waals surface area contributed by atoms with Crippen molar-refractivity contribution in [2.45, 2.75) is 13.0 Å². The normalized spacial score (nSPS) is 12.1. The minimum atomic E-state index is 0.147. The molecule has 1 atom stereocenters. The molecule has 0 radical (unpaired) electrons. The third kappa shape index (κ3) is 2.67. The highest BCUT2D eigenvalue weighted by Crippen LogP contribution is 2.17. The second-order valence-corrected chi connectivity index (χ2v) is 3.70. The van der Waals surface area contributed by atoms with E-state index in [4.69, 9.17) is 11.6 Å². The zero-order chi connectivity index (χ0) is 11.4. The second kappa shape index (κ2) is 4.90. The van der Waals surface area contributed by atoms with Crippen LogP contribution in [0.15, 0.2) is 36.8 Å². The summed E-state index contributed by atoms with van der Waals surface area (Å²) in [5.41, 5.74) is 1.14. The Morgan fingerprint density at radius 3 is 2.62 bits per heavy atom. The average Bonchev–Trinajstić information content (AvgIpc) is 2.30. The molecule has 5 heteroatoms. The molecule has 1 unspecified atom stereocenters. The molecule has 2 rings (SSSR count). The largest absolute Gasteiger partial charge is 0.363 e. The first-order chi connectivity index (χ1) is 7.75. The van der Waals surface area contributed by atoms with Crippen molar-refractivity contribution in [2.24, 2.45) is 0 Å². The van der Waals surface area contributed by atoms with Gasteiger partial charge in [-0.05, 0) is 42.3 Å². The van der Waals surface area contributed by atoms with Gasteiger partial charge in [0.15, 0.2) is 0 Å². The Morgan fingerprint density at radius 1 is 1.19 bits per heavy atom. The van der Waals surface area contributed by atoms with Gasteiger partial charge in [0.05, 0.1) is 6.04 Å². The smallest absolute Gasteiger partial charge is 0.224 e. The standard InChI is InChI=1S/C11H11ClN4/c1-8(9-2-5-13-6-3-9)15-10-4-7-14-11(12)16-10/h2-8H,1H3,(H,14,15,16). The number of anilines is 1. The molecule has 0 saturated carbocycles. The maximum absolute atomic E-state index is 5.70. The van der Waals surface area contributed by atoms with Gasteiger partial charge in [-0.1, -0.05) is 0 Å². The van der Waals surface area contributed by atoms with Crippen LogP contribution in [0, 0.1) is 0 Å². The molecule has 0 bridgehead atoms. The van der Waals surface area contributed by atoms with Crippen LogP contribution >= 0.6 is 11.6 Å². The summed E-state index contributed by atoms with van der Waals surface area (Å²) in [6, 6.07) is 5.85. The van der Waals surface area contributed by atoms with Crippen LogP contribution in [-0.4, -0.2) is 15.0 Å². The van der Waals surface area contributed by atoms with Crippen LogP contribution in [0.3, 0.4) is 0 Å². The number of nitrogens with zero attached hydrogens (tertiary/aromatic N) is 3. The molecule has 82 valence electrons. The first-order valence-electron chi connectivity index (χ1n) is 4.91. The fourth-order valence-corrected chi connectivity index (χ4v) is 1.52. The Balaban J connectivity index is 2.11.